The summed E-state index contributed by atoms with van der Waals surface area (Å²) in [6, 6.07) is 52.7. The Kier molecular flexibility index (Phi) is 4.67. The van der Waals surface area contributed by atoms with Crippen LogP contribution in [0.2, 0.25) is 0 Å². The lowest BCUT2D eigenvalue weighted by Gasteiger charge is -2.18. The highest BCUT2D eigenvalue weighted by Crippen LogP contribution is 2.45. The van der Waals surface area contributed by atoms with Crippen molar-refractivity contribution in [3.63, 3.8) is 0 Å². The molecule has 0 radical (unpaired) electrons. The van der Waals surface area contributed by atoms with Crippen LogP contribution in [0.15, 0.2) is 150 Å². The maximum absolute atomic E-state index is 6.17. The van der Waals surface area contributed by atoms with Crippen LogP contribution in [-0.2, 0) is 0 Å². The molecule has 0 N–H and O–H groups in total. The predicted molar refractivity (Wildman–Crippen MR) is 175 cm³/mol. The summed E-state index contributed by atoms with van der Waals surface area (Å²) in [5, 5.41) is 12.4. The van der Waals surface area contributed by atoms with Crippen molar-refractivity contribution in [1.82, 2.24) is 0 Å². The quantitative estimate of drug-likeness (QED) is 0.207. The Balaban J connectivity index is 1.35. The van der Waals surface area contributed by atoms with Crippen molar-refractivity contribution in [2.75, 3.05) is 0 Å². The van der Waals surface area contributed by atoms with Gasteiger partial charge in [0, 0.05) is 10.8 Å². The van der Waals surface area contributed by atoms with Gasteiger partial charge in [-0.15, -0.1) is 0 Å². The third-order valence-electron chi connectivity index (χ3n) is 8.62. The van der Waals surface area contributed by atoms with Crippen molar-refractivity contribution in [2.24, 2.45) is 0 Å². The third kappa shape index (κ3) is 3.30. The number of hydrogen-bond donors (Lipinski definition) is 0. The first kappa shape index (κ1) is 22.4. The van der Waals surface area contributed by atoms with Crippen molar-refractivity contribution in [3.8, 4) is 22.3 Å². The van der Waals surface area contributed by atoms with Crippen LogP contribution in [0, 0.1) is 0 Å². The molecule has 1 aromatic heterocycles. The van der Waals surface area contributed by atoms with Crippen molar-refractivity contribution in [1.29, 1.82) is 0 Å². The fraction of sp³-hybridized carbons (Fsp3) is 0. The fourth-order valence-electron chi connectivity index (χ4n) is 6.80. The normalized spacial score (nSPS) is 11.9. The molecule has 9 rings (SSSR count). The molecular formula is C40H24O. The monoisotopic (exact) mass is 520 g/mol. The molecule has 0 aliphatic rings. The zero-order chi connectivity index (χ0) is 26.9. The van der Waals surface area contributed by atoms with E-state index in [-0.39, 0.29) is 0 Å². The van der Waals surface area contributed by atoms with Gasteiger partial charge in [-0.1, -0.05) is 121 Å². The van der Waals surface area contributed by atoms with Gasteiger partial charge in [0.05, 0.1) is 0 Å². The van der Waals surface area contributed by atoms with Crippen molar-refractivity contribution >= 4 is 65.0 Å². The summed E-state index contributed by atoms with van der Waals surface area (Å²) < 4.78 is 6.17. The number of para-hydroxylation sites is 1. The van der Waals surface area contributed by atoms with Crippen LogP contribution in [0.3, 0.4) is 0 Å². The van der Waals surface area contributed by atoms with E-state index in [1.807, 2.05) is 12.1 Å². The Morgan fingerprint density at radius 1 is 0.317 bits per heavy atom. The number of furan rings is 1. The van der Waals surface area contributed by atoms with Crippen LogP contribution in [0.4, 0.5) is 0 Å². The number of benzene rings is 8. The molecule has 0 fully saturated rings. The molecule has 0 amide bonds. The van der Waals surface area contributed by atoms with Gasteiger partial charge in [0.2, 0.25) is 0 Å². The van der Waals surface area contributed by atoms with Gasteiger partial charge >= 0.3 is 0 Å². The molecule has 9 aromatic rings. The average Bonchev–Trinajstić information content (AvgIpc) is 3.42. The van der Waals surface area contributed by atoms with Gasteiger partial charge in [-0.2, -0.15) is 0 Å². The highest BCUT2D eigenvalue weighted by atomic mass is 16.3. The van der Waals surface area contributed by atoms with Crippen LogP contribution < -0.4 is 0 Å². The molecule has 41 heavy (non-hydrogen) atoms. The first-order chi connectivity index (χ1) is 20.3. The Labute approximate surface area is 236 Å². The standard InChI is InChI=1S/C40H24O/c1-2-10-26-23-28(18-17-25(26)9-1)38-31-11-3-5-13-33(31)39(34-14-6-4-12-32(34)38)29-19-21-30-27(24-29)20-22-37-40(30)35-15-7-8-16-36(35)41-37/h1-24H. The minimum atomic E-state index is 0.931. The molecular weight excluding hydrogens is 496 g/mol. The Hall–Kier alpha value is -5.40. The molecule has 8 aromatic carbocycles. The summed E-state index contributed by atoms with van der Waals surface area (Å²) in [7, 11) is 0. The molecule has 0 saturated heterocycles. The molecule has 0 saturated carbocycles. The molecule has 0 aliphatic heterocycles. The maximum Gasteiger partial charge on any atom is 0.136 e. The lowest BCUT2D eigenvalue weighted by Crippen LogP contribution is -1.91. The fourth-order valence-corrected chi connectivity index (χ4v) is 6.80. The minimum absolute atomic E-state index is 0.931. The molecule has 0 bridgehead atoms. The topological polar surface area (TPSA) is 13.1 Å². The predicted octanol–water partition coefficient (Wildman–Crippen LogP) is 11.5. The first-order valence-corrected chi connectivity index (χ1v) is 14.1. The Morgan fingerprint density at radius 3 is 1.51 bits per heavy atom. The van der Waals surface area contributed by atoms with Crippen LogP contribution in [0.25, 0.3) is 87.3 Å². The molecule has 1 heterocycles. The van der Waals surface area contributed by atoms with Gasteiger partial charge in [-0.3, -0.25) is 0 Å². The first-order valence-electron chi connectivity index (χ1n) is 14.1. The molecule has 0 aliphatic carbocycles. The minimum Gasteiger partial charge on any atom is -0.456 e. The second-order valence-corrected chi connectivity index (χ2v) is 10.9. The third-order valence-corrected chi connectivity index (χ3v) is 8.62. The Bertz CT molecular complexity index is 2420. The second kappa shape index (κ2) is 8.55. The summed E-state index contributed by atoms with van der Waals surface area (Å²) in [4.78, 5) is 0. The zero-order valence-electron chi connectivity index (χ0n) is 22.3. The number of hydrogen-bond acceptors (Lipinski definition) is 1. The van der Waals surface area contributed by atoms with Gasteiger partial charge in [0.1, 0.15) is 11.2 Å². The lowest BCUT2D eigenvalue weighted by atomic mass is 9.85. The van der Waals surface area contributed by atoms with Crippen molar-refractivity contribution < 1.29 is 4.42 Å². The van der Waals surface area contributed by atoms with E-state index in [1.54, 1.807) is 0 Å². The largest absolute Gasteiger partial charge is 0.456 e. The van der Waals surface area contributed by atoms with Crippen LogP contribution in [-0.4, -0.2) is 0 Å². The number of fused-ring (bicyclic) bond motifs is 8. The van der Waals surface area contributed by atoms with Crippen molar-refractivity contribution in [3.05, 3.63) is 146 Å². The molecule has 0 unspecified atom stereocenters. The van der Waals surface area contributed by atoms with E-state index >= 15 is 0 Å². The maximum atomic E-state index is 6.17. The van der Waals surface area contributed by atoms with E-state index in [9.17, 15) is 0 Å². The average molecular weight is 521 g/mol. The second-order valence-electron chi connectivity index (χ2n) is 10.9. The van der Waals surface area contributed by atoms with Gasteiger partial charge in [-0.05, 0) is 89.6 Å². The Morgan fingerprint density at radius 2 is 0.829 bits per heavy atom. The molecule has 190 valence electrons. The molecule has 1 heteroatoms. The highest BCUT2D eigenvalue weighted by Gasteiger charge is 2.18. The lowest BCUT2D eigenvalue weighted by molar-refractivity contribution is 0.669. The van der Waals surface area contributed by atoms with Gasteiger partial charge < -0.3 is 4.42 Å². The van der Waals surface area contributed by atoms with Gasteiger partial charge in [0.25, 0.3) is 0 Å². The number of rotatable bonds is 2. The summed E-state index contributed by atoms with van der Waals surface area (Å²) in [5.41, 5.74) is 6.90. The molecule has 0 spiro atoms. The van der Waals surface area contributed by atoms with Crippen molar-refractivity contribution in [2.45, 2.75) is 0 Å². The van der Waals surface area contributed by atoms with E-state index in [4.69, 9.17) is 4.42 Å². The van der Waals surface area contributed by atoms with Crippen LogP contribution >= 0.6 is 0 Å². The SMILES string of the molecule is c1ccc2cc(-c3c4ccccc4c(-c4ccc5c(ccc6oc7ccccc7c65)c4)c4ccccc34)ccc2c1. The van der Waals surface area contributed by atoms with E-state index in [1.165, 1.54) is 70.7 Å². The van der Waals surface area contributed by atoms with Gasteiger partial charge in [-0.25, -0.2) is 0 Å². The summed E-state index contributed by atoms with van der Waals surface area (Å²) in [6.07, 6.45) is 0. The molecule has 0 atom stereocenters. The smallest absolute Gasteiger partial charge is 0.136 e. The summed E-state index contributed by atoms with van der Waals surface area (Å²) in [6.45, 7) is 0. The van der Waals surface area contributed by atoms with E-state index in [2.05, 4.69) is 133 Å². The van der Waals surface area contributed by atoms with Crippen LogP contribution in [0.1, 0.15) is 0 Å². The van der Waals surface area contributed by atoms with Crippen LogP contribution in [0.5, 0.6) is 0 Å². The van der Waals surface area contributed by atoms with E-state index in [0.29, 0.717) is 0 Å². The van der Waals surface area contributed by atoms with Gasteiger partial charge in [0.15, 0.2) is 0 Å². The summed E-state index contributed by atoms with van der Waals surface area (Å²) >= 11 is 0. The summed E-state index contributed by atoms with van der Waals surface area (Å²) in [5.74, 6) is 0. The van der Waals surface area contributed by atoms with E-state index in [0.717, 1.165) is 16.6 Å². The highest BCUT2D eigenvalue weighted by molar-refractivity contribution is 6.23. The van der Waals surface area contributed by atoms with E-state index < -0.39 is 0 Å². The zero-order valence-corrected chi connectivity index (χ0v) is 22.3. The molecule has 1 nitrogen and oxygen atoms in total.